The first-order chi connectivity index (χ1) is 10.9. The van der Waals surface area contributed by atoms with E-state index in [0.29, 0.717) is 17.2 Å². The molecule has 2 rings (SSSR count). The highest BCUT2D eigenvalue weighted by atomic mass is 16.6. The van der Waals surface area contributed by atoms with Crippen molar-refractivity contribution in [2.24, 2.45) is 0 Å². The molecule has 0 spiro atoms. The molecule has 0 amide bonds. The van der Waals surface area contributed by atoms with Crippen LogP contribution < -0.4 is 0 Å². The van der Waals surface area contributed by atoms with Crippen molar-refractivity contribution in [2.45, 2.75) is 0 Å². The maximum Gasteiger partial charge on any atom is 0.376 e. The molecule has 2 N–H and O–H groups in total. The van der Waals surface area contributed by atoms with Gasteiger partial charge < -0.3 is 10.2 Å². The van der Waals surface area contributed by atoms with Crippen LogP contribution in [0.1, 0.15) is 5.56 Å². The molecule has 0 radical (unpaired) electrons. The van der Waals surface area contributed by atoms with Crippen molar-refractivity contribution < 1.29 is 24.7 Å². The number of non-ortho nitro benzene ring substituents is 1. The number of carboxylic acids is 1. The van der Waals surface area contributed by atoms with Crippen LogP contribution in [0, 0.1) is 10.1 Å². The van der Waals surface area contributed by atoms with Crippen molar-refractivity contribution in [3.8, 4) is 11.1 Å². The number of aliphatic hydroxyl groups excluding tert-OH is 1. The van der Waals surface area contributed by atoms with Gasteiger partial charge in [0.15, 0.2) is 0 Å². The molecule has 0 fully saturated rings. The van der Waals surface area contributed by atoms with Crippen LogP contribution in [0.2, 0.25) is 0 Å². The number of aliphatic hydroxyl groups is 1. The third-order valence-electron chi connectivity index (χ3n) is 3.05. The van der Waals surface area contributed by atoms with Crippen LogP contribution in [-0.2, 0) is 9.59 Å². The normalized spacial score (nSPS) is 11.0. The first-order valence-electron chi connectivity index (χ1n) is 6.41. The number of nitro benzene ring substituents is 1. The van der Waals surface area contributed by atoms with Gasteiger partial charge in [0.1, 0.15) is 5.76 Å². The number of nitro groups is 1. The molecular weight excluding hydrogens is 302 g/mol. The van der Waals surface area contributed by atoms with Gasteiger partial charge in [-0.1, -0.05) is 36.4 Å². The third-order valence-corrected chi connectivity index (χ3v) is 3.05. The minimum absolute atomic E-state index is 0.0404. The SMILES string of the molecule is O=C(O)C(=O)/C=C(\O)c1ccc(-c2cccc([N+](=O)[O-])c2)cc1. The van der Waals surface area contributed by atoms with Gasteiger partial charge in [0.25, 0.3) is 11.5 Å². The fraction of sp³-hybridized carbons (Fsp3) is 0. The van der Waals surface area contributed by atoms with Gasteiger partial charge >= 0.3 is 5.97 Å². The summed E-state index contributed by atoms with van der Waals surface area (Å²) in [6.45, 7) is 0. The van der Waals surface area contributed by atoms with E-state index in [1.807, 2.05) is 0 Å². The molecule has 23 heavy (non-hydrogen) atoms. The Bertz CT molecular complexity index is 808. The number of carboxylic acid groups (broad SMARTS) is 1. The summed E-state index contributed by atoms with van der Waals surface area (Å²) in [4.78, 5) is 31.7. The molecule has 7 heteroatoms. The maximum atomic E-state index is 11.0. The fourth-order valence-corrected chi connectivity index (χ4v) is 1.90. The second-order valence-electron chi connectivity index (χ2n) is 4.58. The van der Waals surface area contributed by atoms with Crippen LogP contribution in [0.15, 0.2) is 54.6 Å². The Morgan fingerprint density at radius 3 is 2.22 bits per heavy atom. The summed E-state index contributed by atoms with van der Waals surface area (Å²) in [5, 5.41) is 29.0. The topological polar surface area (TPSA) is 118 Å². The van der Waals surface area contributed by atoms with Gasteiger partial charge in [0.2, 0.25) is 0 Å². The number of ketones is 1. The lowest BCUT2D eigenvalue weighted by Crippen LogP contribution is -2.09. The molecule has 0 aliphatic heterocycles. The Morgan fingerprint density at radius 1 is 1.00 bits per heavy atom. The smallest absolute Gasteiger partial charge is 0.376 e. The largest absolute Gasteiger partial charge is 0.507 e. The molecule has 0 saturated heterocycles. The van der Waals surface area contributed by atoms with E-state index in [4.69, 9.17) is 5.11 Å². The number of benzene rings is 2. The van der Waals surface area contributed by atoms with Crippen molar-refractivity contribution in [1.29, 1.82) is 0 Å². The van der Waals surface area contributed by atoms with Gasteiger partial charge in [-0.2, -0.15) is 0 Å². The van der Waals surface area contributed by atoms with Gasteiger partial charge in [-0.05, 0) is 11.1 Å². The van der Waals surface area contributed by atoms with E-state index in [2.05, 4.69) is 0 Å². The van der Waals surface area contributed by atoms with Crippen LogP contribution in [0.25, 0.3) is 16.9 Å². The van der Waals surface area contributed by atoms with Gasteiger partial charge in [0, 0.05) is 23.8 Å². The van der Waals surface area contributed by atoms with Crippen LogP contribution in [0.4, 0.5) is 5.69 Å². The predicted octanol–water partition coefficient (Wildman–Crippen LogP) is 2.81. The molecule has 0 unspecified atom stereocenters. The lowest BCUT2D eigenvalue weighted by molar-refractivity contribution is -0.384. The van der Waals surface area contributed by atoms with Crippen molar-refractivity contribution in [2.75, 3.05) is 0 Å². The Kier molecular flexibility index (Phi) is 4.51. The third kappa shape index (κ3) is 3.79. The lowest BCUT2D eigenvalue weighted by Gasteiger charge is -2.04. The first-order valence-corrected chi connectivity index (χ1v) is 6.41. The summed E-state index contributed by atoms with van der Waals surface area (Å²) in [6.07, 6.45) is 0.616. The molecule has 0 aliphatic carbocycles. The van der Waals surface area contributed by atoms with Crippen molar-refractivity contribution in [1.82, 2.24) is 0 Å². The van der Waals surface area contributed by atoms with Crippen LogP contribution in [-0.4, -0.2) is 26.9 Å². The fourth-order valence-electron chi connectivity index (χ4n) is 1.90. The number of nitrogens with zero attached hydrogens (tertiary/aromatic N) is 1. The lowest BCUT2D eigenvalue weighted by atomic mass is 10.0. The molecule has 0 aromatic heterocycles. The summed E-state index contributed by atoms with van der Waals surface area (Å²) in [6, 6.07) is 12.2. The zero-order valence-corrected chi connectivity index (χ0v) is 11.7. The molecule has 2 aromatic carbocycles. The molecule has 0 bridgehead atoms. The molecule has 116 valence electrons. The number of hydrogen-bond donors (Lipinski definition) is 2. The zero-order valence-electron chi connectivity index (χ0n) is 11.7. The summed E-state index contributed by atoms with van der Waals surface area (Å²) in [7, 11) is 0. The van der Waals surface area contributed by atoms with Crippen molar-refractivity contribution in [3.63, 3.8) is 0 Å². The maximum absolute atomic E-state index is 11.0. The number of aliphatic carboxylic acids is 1. The minimum Gasteiger partial charge on any atom is -0.507 e. The van der Waals surface area contributed by atoms with E-state index in [1.165, 1.54) is 24.3 Å². The van der Waals surface area contributed by atoms with E-state index in [9.17, 15) is 24.8 Å². The Balaban J connectivity index is 2.29. The number of hydrogen-bond acceptors (Lipinski definition) is 5. The first kappa shape index (κ1) is 15.9. The Labute approximate surface area is 130 Å². The van der Waals surface area contributed by atoms with Gasteiger partial charge in [0.05, 0.1) is 4.92 Å². The Morgan fingerprint density at radius 2 is 1.65 bits per heavy atom. The number of rotatable bonds is 5. The van der Waals surface area contributed by atoms with Crippen LogP contribution >= 0.6 is 0 Å². The van der Waals surface area contributed by atoms with Crippen molar-refractivity contribution >= 4 is 23.2 Å². The van der Waals surface area contributed by atoms with E-state index >= 15 is 0 Å². The highest BCUT2D eigenvalue weighted by Gasteiger charge is 2.11. The predicted molar refractivity (Wildman–Crippen MR) is 81.8 cm³/mol. The zero-order chi connectivity index (χ0) is 17.0. The summed E-state index contributed by atoms with van der Waals surface area (Å²) in [5.41, 5.74) is 1.51. The second kappa shape index (κ2) is 6.52. The number of carbonyl (C=O) groups excluding carboxylic acids is 1. The number of carbonyl (C=O) groups is 2. The molecular formula is C16H11NO6. The van der Waals surface area contributed by atoms with Crippen LogP contribution in [0.3, 0.4) is 0 Å². The average molecular weight is 313 g/mol. The molecule has 0 heterocycles. The monoisotopic (exact) mass is 313 g/mol. The van der Waals surface area contributed by atoms with Crippen LogP contribution in [0.5, 0.6) is 0 Å². The Hall–Kier alpha value is -3.48. The van der Waals surface area contributed by atoms with E-state index in [0.717, 1.165) is 0 Å². The summed E-state index contributed by atoms with van der Waals surface area (Å²) in [5.74, 6) is -3.36. The van der Waals surface area contributed by atoms with E-state index in [1.54, 1.807) is 24.3 Å². The molecule has 0 aliphatic rings. The average Bonchev–Trinajstić information content (AvgIpc) is 2.55. The van der Waals surface area contributed by atoms with E-state index < -0.39 is 22.4 Å². The summed E-state index contributed by atoms with van der Waals surface area (Å²) < 4.78 is 0. The second-order valence-corrected chi connectivity index (χ2v) is 4.58. The van der Waals surface area contributed by atoms with E-state index in [-0.39, 0.29) is 11.3 Å². The van der Waals surface area contributed by atoms with Crippen molar-refractivity contribution in [3.05, 3.63) is 70.3 Å². The van der Waals surface area contributed by atoms with Gasteiger partial charge in [-0.25, -0.2) is 4.79 Å². The molecule has 0 saturated carbocycles. The quantitative estimate of drug-likeness (QED) is 0.288. The molecule has 7 nitrogen and oxygen atoms in total. The van der Waals surface area contributed by atoms with Gasteiger partial charge in [-0.3, -0.25) is 14.9 Å². The highest BCUT2D eigenvalue weighted by molar-refractivity contribution is 6.38. The highest BCUT2D eigenvalue weighted by Crippen LogP contribution is 2.25. The summed E-state index contributed by atoms with van der Waals surface area (Å²) >= 11 is 0. The molecule has 2 aromatic rings. The standard InChI is InChI=1S/C16H11NO6/c18-14(9-15(19)16(20)21)11-6-4-10(5-7-11)12-2-1-3-13(8-12)17(22)23/h1-9,18H,(H,20,21)/b14-9-. The molecule has 0 atom stereocenters. The minimum atomic E-state index is -1.66. The van der Waals surface area contributed by atoms with Gasteiger partial charge in [-0.15, -0.1) is 0 Å².